The van der Waals surface area contributed by atoms with Gasteiger partial charge < -0.3 is 19.7 Å². The van der Waals surface area contributed by atoms with Crippen molar-refractivity contribution in [2.45, 2.75) is 18.2 Å². The Bertz CT molecular complexity index is 977. The Labute approximate surface area is 170 Å². The highest BCUT2D eigenvalue weighted by Gasteiger charge is 2.19. The van der Waals surface area contributed by atoms with Crippen LogP contribution in [0.4, 0.5) is 11.6 Å². The lowest BCUT2D eigenvalue weighted by Gasteiger charge is -2.28. The Hall–Kier alpha value is -2.43. The quantitative estimate of drug-likeness (QED) is 0.639. The van der Waals surface area contributed by atoms with Gasteiger partial charge in [0.25, 0.3) is 0 Å². The minimum absolute atomic E-state index is 0.242. The predicted octanol–water partition coefficient (Wildman–Crippen LogP) is 0.947. The molecule has 3 heterocycles. The van der Waals surface area contributed by atoms with Gasteiger partial charge in [0.1, 0.15) is 23.2 Å². The highest BCUT2D eigenvalue weighted by molar-refractivity contribution is 7.89. The molecule has 10 heteroatoms. The van der Waals surface area contributed by atoms with Gasteiger partial charge in [-0.3, -0.25) is 0 Å². The van der Waals surface area contributed by atoms with E-state index in [4.69, 9.17) is 9.47 Å². The lowest BCUT2D eigenvalue weighted by molar-refractivity contribution is 0.122. The number of nitrogens with zero attached hydrogens (tertiary/aromatic N) is 3. The summed E-state index contributed by atoms with van der Waals surface area (Å²) in [6.45, 7) is 6.04. The molecule has 2 N–H and O–H groups in total. The highest BCUT2D eigenvalue weighted by Crippen LogP contribution is 2.27. The number of fused-ring (bicyclic) bond motifs is 1. The number of aryl methyl sites for hydroxylation is 1. The first-order valence-electron chi connectivity index (χ1n) is 9.69. The van der Waals surface area contributed by atoms with Gasteiger partial charge in [-0.15, -0.1) is 0 Å². The van der Waals surface area contributed by atoms with E-state index in [1.54, 1.807) is 18.2 Å². The number of benzene rings is 1. The van der Waals surface area contributed by atoms with Crippen LogP contribution in [0.15, 0.2) is 29.2 Å². The van der Waals surface area contributed by atoms with Crippen molar-refractivity contribution in [3.63, 3.8) is 0 Å². The fourth-order valence-corrected chi connectivity index (χ4v) is 4.47. The first-order valence-corrected chi connectivity index (χ1v) is 11.2. The number of ether oxygens (including phenoxy) is 2. The van der Waals surface area contributed by atoms with Gasteiger partial charge in [-0.25, -0.2) is 23.1 Å². The zero-order valence-electron chi connectivity index (χ0n) is 16.3. The van der Waals surface area contributed by atoms with Crippen LogP contribution in [0.1, 0.15) is 11.4 Å². The van der Waals surface area contributed by atoms with E-state index in [1.807, 2.05) is 13.0 Å². The van der Waals surface area contributed by atoms with Crippen LogP contribution in [0.25, 0.3) is 0 Å². The monoisotopic (exact) mass is 419 g/mol. The third-order valence-electron chi connectivity index (χ3n) is 4.85. The van der Waals surface area contributed by atoms with E-state index < -0.39 is 10.0 Å². The van der Waals surface area contributed by atoms with E-state index >= 15 is 0 Å². The van der Waals surface area contributed by atoms with E-state index in [1.165, 1.54) is 0 Å². The Kier molecular flexibility index (Phi) is 5.84. The number of aromatic nitrogens is 2. The number of sulfonamides is 1. The molecule has 2 aromatic rings. The van der Waals surface area contributed by atoms with Crippen LogP contribution in [0.3, 0.4) is 0 Å². The van der Waals surface area contributed by atoms with Crippen LogP contribution in [0, 0.1) is 6.92 Å². The van der Waals surface area contributed by atoms with Crippen LogP contribution in [-0.4, -0.2) is 64.4 Å². The van der Waals surface area contributed by atoms with Crippen LogP contribution < -0.4 is 19.7 Å². The maximum atomic E-state index is 12.5. The minimum Gasteiger partial charge on any atom is -0.493 e. The summed E-state index contributed by atoms with van der Waals surface area (Å²) in [4.78, 5) is 11.3. The second-order valence-electron chi connectivity index (χ2n) is 6.95. The van der Waals surface area contributed by atoms with E-state index in [0.717, 1.165) is 36.6 Å². The molecule has 0 saturated carbocycles. The Balaban J connectivity index is 1.33. The van der Waals surface area contributed by atoms with Crippen LogP contribution in [0.2, 0.25) is 0 Å². The summed E-state index contributed by atoms with van der Waals surface area (Å²) in [6, 6.07) is 6.85. The molecule has 0 bridgehead atoms. The molecule has 0 aliphatic carbocycles. The van der Waals surface area contributed by atoms with Gasteiger partial charge in [0.15, 0.2) is 0 Å². The van der Waals surface area contributed by atoms with Crippen LogP contribution in [-0.2, 0) is 21.2 Å². The molecular formula is C19H25N5O4S. The standard InChI is InChI=1S/C19H25N5O4S/c1-14-22-18(13-19(23-14)24-7-10-27-11-8-24)20-5-6-21-29(25,26)16-2-3-17-15(12-16)4-9-28-17/h2-3,12-13,21H,4-11H2,1H3,(H,20,22,23). The van der Waals surface area contributed by atoms with Crippen molar-refractivity contribution < 1.29 is 17.9 Å². The van der Waals surface area contributed by atoms with Gasteiger partial charge in [0, 0.05) is 38.7 Å². The second kappa shape index (κ2) is 8.52. The second-order valence-corrected chi connectivity index (χ2v) is 8.72. The SMILES string of the molecule is Cc1nc(NCCNS(=O)(=O)c2ccc3c(c2)CCO3)cc(N2CCOCC2)n1. The zero-order chi connectivity index (χ0) is 20.3. The van der Waals surface area contributed by atoms with Crippen molar-refractivity contribution in [2.75, 3.05) is 56.2 Å². The summed E-state index contributed by atoms with van der Waals surface area (Å²) in [7, 11) is -3.57. The van der Waals surface area contributed by atoms with Crippen LogP contribution >= 0.6 is 0 Å². The average molecular weight is 420 g/mol. The molecule has 0 amide bonds. The number of rotatable bonds is 7. The first kappa shape index (κ1) is 19.9. The third kappa shape index (κ3) is 4.77. The van der Waals surface area contributed by atoms with E-state index in [9.17, 15) is 8.42 Å². The number of morpholine rings is 1. The lowest BCUT2D eigenvalue weighted by Crippen LogP contribution is -2.37. The summed E-state index contributed by atoms with van der Waals surface area (Å²) < 4.78 is 38.5. The largest absolute Gasteiger partial charge is 0.493 e. The van der Waals surface area contributed by atoms with Crippen molar-refractivity contribution >= 4 is 21.7 Å². The smallest absolute Gasteiger partial charge is 0.240 e. The van der Waals surface area contributed by atoms with Gasteiger partial charge in [0.2, 0.25) is 10.0 Å². The molecule has 0 atom stereocenters. The molecule has 2 aliphatic heterocycles. The molecular weight excluding hydrogens is 394 g/mol. The summed E-state index contributed by atoms with van der Waals surface area (Å²) in [5.41, 5.74) is 0.929. The van der Waals surface area contributed by atoms with Gasteiger partial charge >= 0.3 is 0 Å². The molecule has 9 nitrogen and oxygen atoms in total. The summed E-state index contributed by atoms with van der Waals surface area (Å²) in [5.74, 6) is 2.95. The molecule has 0 radical (unpaired) electrons. The molecule has 1 aromatic carbocycles. The molecule has 0 unspecified atom stereocenters. The van der Waals surface area contributed by atoms with Crippen LogP contribution in [0.5, 0.6) is 5.75 Å². The molecule has 29 heavy (non-hydrogen) atoms. The average Bonchev–Trinajstić information content (AvgIpc) is 3.19. The van der Waals surface area contributed by atoms with Crippen molar-refractivity contribution in [2.24, 2.45) is 0 Å². The van der Waals surface area contributed by atoms with E-state index in [2.05, 4.69) is 24.9 Å². The maximum absolute atomic E-state index is 12.5. The number of nitrogens with one attached hydrogen (secondary N) is 2. The van der Waals surface area contributed by atoms with Crippen molar-refractivity contribution in [3.8, 4) is 5.75 Å². The fraction of sp³-hybridized carbons (Fsp3) is 0.474. The molecule has 1 saturated heterocycles. The topological polar surface area (TPSA) is 106 Å². The Morgan fingerprint density at radius 3 is 2.76 bits per heavy atom. The number of anilines is 2. The molecule has 1 aromatic heterocycles. The van der Waals surface area contributed by atoms with Gasteiger partial charge in [-0.1, -0.05) is 0 Å². The van der Waals surface area contributed by atoms with Gasteiger partial charge in [-0.2, -0.15) is 0 Å². The maximum Gasteiger partial charge on any atom is 0.240 e. The molecule has 2 aliphatic rings. The predicted molar refractivity (Wildman–Crippen MR) is 109 cm³/mol. The van der Waals surface area contributed by atoms with Crippen molar-refractivity contribution in [1.29, 1.82) is 0 Å². The van der Waals surface area contributed by atoms with E-state index in [0.29, 0.717) is 38.0 Å². The lowest BCUT2D eigenvalue weighted by atomic mass is 10.2. The molecule has 1 fully saturated rings. The summed E-state index contributed by atoms with van der Waals surface area (Å²) >= 11 is 0. The number of hydrogen-bond donors (Lipinski definition) is 2. The molecule has 156 valence electrons. The van der Waals surface area contributed by atoms with Gasteiger partial charge in [-0.05, 0) is 30.7 Å². The zero-order valence-corrected chi connectivity index (χ0v) is 17.2. The number of hydrogen-bond acceptors (Lipinski definition) is 8. The summed E-state index contributed by atoms with van der Waals surface area (Å²) in [5, 5.41) is 3.17. The third-order valence-corrected chi connectivity index (χ3v) is 6.31. The normalized spacial score (nSPS) is 16.4. The Morgan fingerprint density at radius 1 is 1.10 bits per heavy atom. The molecule has 4 rings (SSSR count). The first-order chi connectivity index (χ1) is 14.0. The fourth-order valence-electron chi connectivity index (χ4n) is 3.39. The van der Waals surface area contributed by atoms with E-state index in [-0.39, 0.29) is 11.4 Å². The Morgan fingerprint density at radius 2 is 1.93 bits per heavy atom. The molecule has 0 spiro atoms. The van der Waals surface area contributed by atoms with Gasteiger partial charge in [0.05, 0.1) is 24.7 Å². The minimum atomic E-state index is -3.57. The van der Waals surface area contributed by atoms with Crippen molar-refractivity contribution in [1.82, 2.24) is 14.7 Å². The highest BCUT2D eigenvalue weighted by atomic mass is 32.2. The summed E-state index contributed by atoms with van der Waals surface area (Å²) in [6.07, 6.45) is 0.735. The van der Waals surface area contributed by atoms with Crippen molar-refractivity contribution in [3.05, 3.63) is 35.7 Å².